The molecule has 0 bridgehead atoms. The Labute approximate surface area is 126 Å². The van der Waals surface area contributed by atoms with Crippen LogP contribution in [0, 0.1) is 0 Å². The summed E-state index contributed by atoms with van der Waals surface area (Å²) in [6, 6.07) is 7.36. The van der Waals surface area contributed by atoms with Gasteiger partial charge in [-0.1, -0.05) is 36.7 Å². The molecule has 2 rings (SSSR count). The molecule has 0 aliphatic heterocycles. The fourth-order valence-electron chi connectivity index (χ4n) is 2.08. The number of aliphatic hydroxyl groups excluding tert-OH is 1. The third kappa shape index (κ3) is 3.02. The molecule has 0 saturated heterocycles. The SMILES string of the molecule is CCc1nn(C)c(CC(O)c2ccccc2Cl)c1Br. The Kier molecular flexibility index (Phi) is 4.66. The van der Waals surface area contributed by atoms with Gasteiger partial charge in [-0.2, -0.15) is 5.10 Å². The van der Waals surface area contributed by atoms with Gasteiger partial charge in [0.25, 0.3) is 0 Å². The van der Waals surface area contributed by atoms with Gasteiger partial charge in [0.05, 0.1) is 22.0 Å². The van der Waals surface area contributed by atoms with Crippen molar-refractivity contribution in [3.8, 4) is 0 Å². The summed E-state index contributed by atoms with van der Waals surface area (Å²) in [5.74, 6) is 0. The average molecular weight is 344 g/mol. The number of aliphatic hydroxyl groups is 1. The first kappa shape index (κ1) is 14.6. The second-order valence-corrected chi connectivity index (χ2v) is 5.63. The van der Waals surface area contributed by atoms with Crippen molar-refractivity contribution >= 4 is 27.5 Å². The molecule has 0 aliphatic rings. The fraction of sp³-hybridized carbons (Fsp3) is 0.357. The summed E-state index contributed by atoms with van der Waals surface area (Å²) < 4.78 is 2.78. The second-order valence-electron chi connectivity index (χ2n) is 4.43. The van der Waals surface area contributed by atoms with E-state index in [2.05, 4.69) is 28.0 Å². The Morgan fingerprint density at radius 3 is 2.68 bits per heavy atom. The number of aromatic nitrogens is 2. The lowest BCUT2D eigenvalue weighted by Gasteiger charge is -2.13. The van der Waals surface area contributed by atoms with Gasteiger partial charge in [0.1, 0.15) is 0 Å². The number of rotatable bonds is 4. The Morgan fingerprint density at radius 2 is 2.11 bits per heavy atom. The number of hydrogen-bond donors (Lipinski definition) is 1. The molecule has 2 aromatic rings. The van der Waals surface area contributed by atoms with E-state index in [0.717, 1.165) is 27.8 Å². The Balaban J connectivity index is 2.27. The summed E-state index contributed by atoms with van der Waals surface area (Å²) in [6.45, 7) is 2.06. The highest BCUT2D eigenvalue weighted by molar-refractivity contribution is 9.10. The van der Waals surface area contributed by atoms with Gasteiger partial charge in [-0.3, -0.25) is 4.68 Å². The number of halogens is 2. The lowest BCUT2D eigenvalue weighted by atomic mass is 10.0. The van der Waals surface area contributed by atoms with Crippen LogP contribution in [0.1, 0.15) is 30.0 Å². The van der Waals surface area contributed by atoms with Gasteiger partial charge >= 0.3 is 0 Å². The normalized spacial score (nSPS) is 12.7. The molecule has 0 radical (unpaired) electrons. The van der Waals surface area contributed by atoms with Crippen molar-refractivity contribution < 1.29 is 5.11 Å². The molecule has 0 saturated carbocycles. The number of aryl methyl sites for hydroxylation is 2. The van der Waals surface area contributed by atoms with Crippen molar-refractivity contribution in [2.24, 2.45) is 7.05 Å². The number of hydrogen-bond acceptors (Lipinski definition) is 2. The molecule has 0 amide bonds. The van der Waals surface area contributed by atoms with Gasteiger partial charge in [-0.25, -0.2) is 0 Å². The van der Waals surface area contributed by atoms with Gasteiger partial charge in [-0.15, -0.1) is 0 Å². The summed E-state index contributed by atoms with van der Waals surface area (Å²) in [4.78, 5) is 0. The number of nitrogens with zero attached hydrogens (tertiary/aromatic N) is 2. The quantitative estimate of drug-likeness (QED) is 0.919. The van der Waals surface area contributed by atoms with Gasteiger partial charge < -0.3 is 5.11 Å². The summed E-state index contributed by atoms with van der Waals surface area (Å²) in [5.41, 5.74) is 2.73. The largest absolute Gasteiger partial charge is 0.388 e. The molecular formula is C14H16BrClN2O. The first-order valence-electron chi connectivity index (χ1n) is 6.17. The lowest BCUT2D eigenvalue weighted by molar-refractivity contribution is 0.175. The molecule has 1 aromatic heterocycles. The topological polar surface area (TPSA) is 38.0 Å². The maximum Gasteiger partial charge on any atom is 0.0860 e. The van der Waals surface area contributed by atoms with Crippen LogP contribution in [0.4, 0.5) is 0 Å². The lowest BCUT2D eigenvalue weighted by Crippen LogP contribution is -2.07. The van der Waals surface area contributed by atoms with E-state index in [1.54, 1.807) is 6.07 Å². The van der Waals surface area contributed by atoms with Gasteiger partial charge in [0.15, 0.2) is 0 Å². The zero-order valence-electron chi connectivity index (χ0n) is 10.9. The summed E-state index contributed by atoms with van der Waals surface area (Å²) >= 11 is 9.66. The maximum atomic E-state index is 10.3. The molecule has 1 aromatic carbocycles. The van der Waals surface area contributed by atoms with Crippen LogP contribution in [0.15, 0.2) is 28.7 Å². The maximum absolute atomic E-state index is 10.3. The first-order chi connectivity index (χ1) is 9.04. The molecule has 0 spiro atoms. The molecule has 3 nitrogen and oxygen atoms in total. The zero-order chi connectivity index (χ0) is 14.0. The molecule has 1 atom stereocenters. The van der Waals surface area contributed by atoms with Crippen molar-refractivity contribution in [2.75, 3.05) is 0 Å². The monoisotopic (exact) mass is 342 g/mol. The van der Waals surface area contributed by atoms with Gasteiger partial charge in [0.2, 0.25) is 0 Å². The van der Waals surface area contributed by atoms with E-state index in [-0.39, 0.29) is 0 Å². The smallest absolute Gasteiger partial charge is 0.0860 e. The highest BCUT2D eigenvalue weighted by Crippen LogP contribution is 2.29. The summed E-state index contributed by atoms with van der Waals surface area (Å²) in [5, 5.41) is 15.3. The molecule has 0 aliphatic carbocycles. The Morgan fingerprint density at radius 1 is 1.42 bits per heavy atom. The third-order valence-electron chi connectivity index (χ3n) is 3.15. The van der Waals surface area contributed by atoms with Crippen molar-refractivity contribution in [1.82, 2.24) is 9.78 Å². The van der Waals surface area contributed by atoms with E-state index < -0.39 is 6.10 Å². The van der Waals surface area contributed by atoms with Gasteiger partial charge in [-0.05, 0) is 34.0 Å². The highest BCUT2D eigenvalue weighted by atomic mass is 79.9. The van der Waals surface area contributed by atoms with E-state index in [9.17, 15) is 5.11 Å². The van der Waals surface area contributed by atoms with Crippen molar-refractivity contribution in [2.45, 2.75) is 25.9 Å². The fourth-order valence-corrected chi connectivity index (χ4v) is 3.12. The highest BCUT2D eigenvalue weighted by Gasteiger charge is 2.18. The molecule has 1 unspecified atom stereocenters. The minimum absolute atomic E-state index is 0.480. The summed E-state index contributed by atoms with van der Waals surface area (Å²) in [7, 11) is 1.89. The molecular weight excluding hydrogens is 328 g/mol. The standard InChI is InChI=1S/C14H16BrClN2O/c1-3-11-14(15)12(18(2)17-11)8-13(19)9-6-4-5-7-10(9)16/h4-7,13,19H,3,8H2,1-2H3. The van der Waals surface area contributed by atoms with Crippen LogP contribution in [-0.2, 0) is 19.9 Å². The van der Waals surface area contributed by atoms with Crippen LogP contribution in [0.3, 0.4) is 0 Å². The molecule has 0 fully saturated rings. The second kappa shape index (κ2) is 6.07. The van der Waals surface area contributed by atoms with Crippen LogP contribution < -0.4 is 0 Å². The summed E-state index contributed by atoms with van der Waals surface area (Å²) in [6.07, 6.45) is 0.704. The molecule has 19 heavy (non-hydrogen) atoms. The van der Waals surface area contributed by atoms with E-state index in [1.807, 2.05) is 29.9 Å². The van der Waals surface area contributed by atoms with Crippen LogP contribution in [-0.4, -0.2) is 14.9 Å². The Hall–Kier alpha value is -0.840. The van der Waals surface area contributed by atoms with E-state index in [4.69, 9.17) is 11.6 Å². The van der Waals surface area contributed by atoms with Crippen molar-refractivity contribution in [3.63, 3.8) is 0 Å². The predicted octanol–water partition coefficient (Wildman–Crippen LogP) is 3.67. The van der Waals surface area contributed by atoms with Crippen LogP contribution in [0.2, 0.25) is 5.02 Å². The first-order valence-corrected chi connectivity index (χ1v) is 7.34. The van der Waals surface area contributed by atoms with Crippen molar-refractivity contribution in [3.05, 3.63) is 50.7 Å². The number of benzene rings is 1. The van der Waals surface area contributed by atoms with Crippen LogP contribution in [0.5, 0.6) is 0 Å². The van der Waals surface area contributed by atoms with Crippen LogP contribution in [0.25, 0.3) is 0 Å². The van der Waals surface area contributed by atoms with Crippen molar-refractivity contribution in [1.29, 1.82) is 0 Å². The molecule has 5 heteroatoms. The predicted molar refractivity (Wildman–Crippen MR) is 80.4 cm³/mol. The van der Waals surface area contributed by atoms with Crippen LogP contribution >= 0.6 is 27.5 Å². The average Bonchev–Trinajstić information content (AvgIpc) is 2.66. The minimum Gasteiger partial charge on any atom is -0.388 e. The minimum atomic E-state index is -0.634. The molecule has 1 N–H and O–H groups in total. The third-order valence-corrected chi connectivity index (χ3v) is 4.41. The van der Waals surface area contributed by atoms with E-state index >= 15 is 0 Å². The van der Waals surface area contributed by atoms with E-state index in [1.165, 1.54) is 0 Å². The zero-order valence-corrected chi connectivity index (χ0v) is 13.2. The Bertz CT molecular complexity index is 583. The molecule has 102 valence electrons. The van der Waals surface area contributed by atoms with E-state index in [0.29, 0.717) is 11.4 Å². The van der Waals surface area contributed by atoms with Gasteiger partial charge in [0, 0.05) is 18.5 Å². The molecule has 1 heterocycles.